The third kappa shape index (κ3) is 3.04. The van der Waals surface area contributed by atoms with Crippen molar-refractivity contribution < 1.29 is 0 Å². The maximum atomic E-state index is 4.29. The highest BCUT2D eigenvalue weighted by Crippen LogP contribution is 2.16. The first-order valence-electron chi connectivity index (χ1n) is 6.84. The van der Waals surface area contributed by atoms with Crippen LogP contribution in [-0.2, 0) is 20.1 Å². The lowest BCUT2D eigenvalue weighted by Crippen LogP contribution is -2.20. The number of aromatic nitrogens is 4. The molecule has 2 aromatic rings. The highest BCUT2D eigenvalue weighted by atomic mass is 15.3. The molecule has 2 rings (SSSR count). The number of hydrogen-bond acceptors (Lipinski definition) is 3. The minimum Gasteiger partial charge on any atom is -0.333 e. The van der Waals surface area contributed by atoms with E-state index in [1.807, 2.05) is 30.5 Å². The van der Waals surface area contributed by atoms with E-state index in [2.05, 4.69) is 40.7 Å². The molecule has 5 nitrogen and oxygen atoms in total. The minimum atomic E-state index is 0.290. The Balaban J connectivity index is 1.98. The molecular formula is C14H23N5. The minimum absolute atomic E-state index is 0.290. The van der Waals surface area contributed by atoms with Crippen molar-refractivity contribution in [3.05, 3.63) is 35.7 Å². The van der Waals surface area contributed by atoms with Crippen molar-refractivity contribution in [2.24, 2.45) is 7.05 Å². The average molecular weight is 261 g/mol. The molecule has 0 spiro atoms. The third-order valence-corrected chi connectivity index (χ3v) is 3.59. The van der Waals surface area contributed by atoms with Gasteiger partial charge in [0.15, 0.2) is 0 Å². The monoisotopic (exact) mass is 261 g/mol. The van der Waals surface area contributed by atoms with E-state index in [1.165, 1.54) is 17.0 Å². The van der Waals surface area contributed by atoms with Crippen LogP contribution in [0.25, 0.3) is 0 Å². The lowest BCUT2D eigenvalue weighted by atomic mass is 10.1. The second-order valence-corrected chi connectivity index (χ2v) is 4.99. The van der Waals surface area contributed by atoms with Crippen molar-refractivity contribution >= 4 is 0 Å². The molecular weight excluding hydrogens is 238 g/mol. The van der Waals surface area contributed by atoms with E-state index in [4.69, 9.17) is 0 Å². The molecule has 0 aliphatic carbocycles. The fraction of sp³-hybridized carbons (Fsp3) is 0.571. The molecule has 0 saturated heterocycles. The van der Waals surface area contributed by atoms with E-state index in [0.29, 0.717) is 6.04 Å². The Bertz CT molecular complexity index is 526. The van der Waals surface area contributed by atoms with Crippen LogP contribution in [-0.4, -0.2) is 19.3 Å². The van der Waals surface area contributed by atoms with Crippen LogP contribution in [0.2, 0.25) is 0 Å². The Labute approximate surface area is 114 Å². The van der Waals surface area contributed by atoms with E-state index in [0.717, 1.165) is 19.5 Å². The summed E-state index contributed by atoms with van der Waals surface area (Å²) in [4.78, 5) is 4.22. The van der Waals surface area contributed by atoms with Crippen LogP contribution >= 0.6 is 0 Å². The maximum absolute atomic E-state index is 4.29. The zero-order valence-electron chi connectivity index (χ0n) is 12.2. The molecule has 0 aliphatic heterocycles. The van der Waals surface area contributed by atoms with E-state index in [9.17, 15) is 0 Å². The van der Waals surface area contributed by atoms with E-state index >= 15 is 0 Å². The largest absolute Gasteiger partial charge is 0.333 e. The van der Waals surface area contributed by atoms with Crippen LogP contribution in [0, 0.1) is 6.92 Å². The number of aryl methyl sites for hydroxylation is 2. The average Bonchev–Trinajstić information content (AvgIpc) is 2.96. The highest BCUT2D eigenvalue weighted by molar-refractivity contribution is 5.19. The summed E-state index contributed by atoms with van der Waals surface area (Å²) in [7, 11) is 1.97. The van der Waals surface area contributed by atoms with Gasteiger partial charge in [0.2, 0.25) is 0 Å². The van der Waals surface area contributed by atoms with Gasteiger partial charge in [0.25, 0.3) is 0 Å². The standard InChI is InChI=1S/C14H23N5/c1-5-6-19-10-15-7-13(19)8-16-11(2)14-9-17-18(4)12(14)3/h7,9-11,16H,5-6,8H2,1-4H3. The summed E-state index contributed by atoms with van der Waals surface area (Å²) < 4.78 is 4.12. The van der Waals surface area contributed by atoms with Crippen molar-refractivity contribution in [1.82, 2.24) is 24.6 Å². The molecule has 5 heteroatoms. The van der Waals surface area contributed by atoms with Crippen LogP contribution in [0.3, 0.4) is 0 Å². The van der Waals surface area contributed by atoms with E-state index in [-0.39, 0.29) is 0 Å². The number of imidazole rings is 1. The van der Waals surface area contributed by atoms with Gasteiger partial charge in [-0.3, -0.25) is 4.68 Å². The fourth-order valence-corrected chi connectivity index (χ4v) is 2.25. The van der Waals surface area contributed by atoms with Crippen molar-refractivity contribution in [3.8, 4) is 0 Å². The quantitative estimate of drug-likeness (QED) is 0.867. The van der Waals surface area contributed by atoms with E-state index in [1.54, 1.807) is 0 Å². The van der Waals surface area contributed by atoms with Crippen LogP contribution in [0.1, 0.15) is 43.3 Å². The Morgan fingerprint density at radius 1 is 1.37 bits per heavy atom. The van der Waals surface area contributed by atoms with Gasteiger partial charge in [-0.25, -0.2) is 4.98 Å². The maximum Gasteiger partial charge on any atom is 0.0948 e. The van der Waals surface area contributed by atoms with Crippen LogP contribution in [0.4, 0.5) is 0 Å². The molecule has 1 atom stereocenters. The van der Waals surface area contributed by atoms with Gasteiger partial charge in [0, 0.05) is 43.6 Å². The van der Waals surface area contributed by atoms with Gasteiger partial charge in [-0.05, 0) is 20.3 Å². The molecule has 0 fully saturated rings. The molecule has 0 aliphatic rings. The molecule has 1 unspecified atom stereocenters. The summed E-state index contributed by atoms with van der Waals surface area (Å²) >= 11 is 0. The number of nitrogens with one attached hydrogen (secondary N) is 1. The second-order valence-electron chi connectivity index (χ2n) is 4.99. The first-order valence-corrected chi connectivity index (χ1v) is 6.84. The first kappa shape index (κ1) is 13.8. The molecule has 104 valence electrons. The zero-order chi connectivity index (χ0) is 13.8. The third-order valence-electron chi connectivity index (χ3n) is 3.59. The van der Waals surface area contributed by atoms with E-state index < -0.39 is 0 Å². The predicted molar refractivity (Wildman–Crippen MR) is 75.7 cm³/mol. The zero-order valence-corrected chi connectivity index (χ0v) is 12.2. The van der Waals surface area contributed by atoms with Gasteiger partial charge in [-0.15, -0.1) is 0 Å². The molecule has 2 aromatic heterocycles. The highest BCUT2D eigenvalue weighted by Gasteiger charge is 2.12. The molecule has 0 bridgehead atoms. The lowest BCUT2D eigenvalue weighted by Gasteiger charge is -2.14. The van der Waals surface area contributed by atoms with Crippen molar-refractivity contribution in [1.29, 1.82) is 0 Å². The molecule has 0 saturated carbocycles. The SMILES string of the molecule is CCCn1cncc1CNC(C)c1cnn(C)c1C. The Morgan fingerprint density at radius 2 is 2.16 bits per heavy atom. The summed E-state index contributed by atoms with van der Waals surface area (Å²) in [5.74, 6) is 0. The molecule has 0 aromatic carbocycles. The summed E-state index contributed by atoms with van der Waals surface area (Å²) in [5, 5.41) is 7.83. The Morgan fingerprint density at radius 3 is 2.79 bits per heavy atom. The molecule has 19 heavy (non-hydrogen) atoms. The van der Waals surface area contributed by atoms with Gasteiger partial charge < -0.3 is 9.88 Å². The fourth-order valence-electron chi connectivity index (χ4n) is 2.25. The number of rotatable bonds is 6. The summed E-state index contributed by atoms with van der Waals surface area (Å²) in [5.41, 5.74) is 3.70. The smallest absolute Gasteiger partial charge is 0.0948 e. The Hall–Kier alpha value is -1.62. The van der Waals surface area contributed by atoms with Gasteiger partial charge in [0.1, 0.15) is 0 Å². The normalized spacial score (nSPS) is 12.8. The van der Waals surface area contributed by atoms with Crippen molar-refractivity contribution in [2.75, 3.05) is 0 Å². The summed E-state index contributed by atoms with van der Waals surface area (Å²) in [6.07, 6.45) is 6.91. The molecule has 0 amide bonds. The molecule has 2 heterocycles. The molecule has 1 N–H and O–H groups in total. The number of nitrogens with zero attached hydrogens (tertiary/aromatic N) is 4. The summed E-state index contributed by atoms with van der Waals surface area (Å²) in [6.45, 7) is 8.30. The van der Waals surface area contributed by atoms with Crippen molar-refractivity contribution in [2.45, 2.75) is 46.3 Å². The first-order chi connectivity index (χ1) is 9.13. The van der Waals surface area contributed by atoms with Crippen LogP contribution in [0.5, 0.6) is 0 Å². The Kier molecular flexibility index (Phi) is 4.37. The van der Waals surface area contributed by atoms with Crippen molar-refractivity contribution in [3.63, 3.8) is 0 Å². The lowest BCUT2D eigenvalue weighted by molar-refractivity contribution is 0.539. The second kappa shape index (κ2) is 6.02. The van der Waals surface area contributed by atoms with Crippen LogP contribution < -0.4 is 5.32 Å². The molecule has 0 radical (unpaired) electrons. The van der Waals surface area contributed by atoms with Gasteiger partial charge >= 0.3 is 0 Å². The number of hydrogen-bond donors (Lipinski definition) is 1. The van der Waals surface area contributed by atoms with Gasteiger partial charge in [-0.2, -0.15) is 5.10 Å². The van der Waals surface area contributed by atoms with Crippen LogP contribution in [0.15, 0.2) is 18.7 Å². The van der Waals surface area contributed by atoms with Gasteiger partial charge in [-0.1, -0.05) is 6.92 Å². The summed E-state index contributed by atoms with van der Waals surface area (Å²) in [6, 6.07) is 0.290. The van der Waals surface area contributed by atoms with Gasteiger partial charge in [0.05, 0.1) is 18.2 Å². The predicted octanol–water partition coefficient (Wildman–Crippen LogP) is 2.19. The topological polar surface area (TPSA) is 47.7 Å².